The van der Waals surface area contributed by atoms with Crippen LogP contribution in [0.5, 0.6) is 0 Å². The summed E-state index contributed by atoms with van der Waals surface area (Å²) in [6, 6.07) is 16.9. The molecular weight excluding hydrogens is 234 g/mol. The van der Waals surface area contributed by atoms with Crippen molar-refractivity contribution in [1.82, 2.24) is 0 Å². The van der Waals surface area contributed by atoms with Crippen LogP contribution >= 0.6 is 0 Å². The van der Waals surface area contributed by atoms with Crippen molar-refractivity contribution in [3.63, 3.8) is 0 Å². The maximum atomic E-state index is 5.56. The Morgan fingerprint density at radius 1 is 0.895 bits per heavy atom. The Balaban J connectivity index is 1.76. The highest BCUT2D eigenvalue weighted by molar-refractivity contribution is 6.01. The maximum absolute atomic E-state index is 5.56. The van der Waals surface area contributed by atoms with Gasteiger partial charge in [0.1, 0.15) is 0 Å². The zero-order valence-electron chi connectivity index (χ0n) is 11.3. The summed E-state index contributed by atoms with van der Waals surface area (Å²) in [6.45, 7) is 4.18. The van der Waals surface area contributed by atoms with Crippen LogP contribution in [0.2, 0.25) is 0 Å². The van der Waals surface area contributed by atoms with Crippen molar-refractivity contribution in [3.8, 4) is 0 Å². The third-order valence-electron chi connectivity index (χ3n) is 3.50. The molecule has 0 unspecified atom stereocenters. The van der Waals surface area contributed by atoms with E-state index in [1.165, 1.54) is 16.7 Å². The summed E-state index contributed by atoms with van der Waals surface area (Å²) < 4.78 is 0. The number of rotatable bonds is 2. The minimum absolute atomic E-state index is 0.0527. The van der Waals surface area contributed by atoms with E-state index < -0.39 is 0 Å². The molecule has 0 spiro atoms. The van der Waals surface area contributed by atoms with E-state index in [9.17, 15) is 0 Å². The van der Waals surface area contributed by atoms with Crippen molar-refractivity contribution < 1.29 is 4.84 Å². The predicted octanol–water partition coefficient (Wildman–Crippen LogP) is 4.17. The van der Waals surface area contributed by atoms with Crippen LogP contribution in [-0.2, 0) is 4.84 Å². The largest absolute Gasteiger partial charge is 0.387 e. The molecule has 0 amide bonds. The van der Waals surface area contributed by atoms with Gasteiger partial charge in [-0.25, -0.2) is 0 Å². The molecule has 0 N–H and O–H groups in total. The van der Waals surface area contributed by atoms with Crippen molar-refractivity contribution in [2.45, 2.75) is 26.4 Å². The number of hydrogen-bond acceptors (Lipinski definition) is 2. The summed E-state index contributed by atoms with van der Waals surface area (Å²) >= 11 is 0. The van der Waals surface area contributed by atoms with Crippen molar-refractivity contribution in [2.75, 3.05) is 0 Å². The molecule has 0 radical (unpaired) electrons. The Morgan fingerprint density at radius 3 is 2.11 bits per heavy atom. The second-order valence-electron chi connectivity index (χ2n) is 5.11. The molecule has 3 rings (SSSR count). The van der Waals surface area contributed by atoms with Gasteiger partial charge in [0.2, 0.25) is 0 Å². The van der Waals surface area contributed by atoms with E-state index >= 15 is 0 Å². The fraction of sp³-hybridized carbons (Fsp3) is 0.235. The molecule has 0 aromatic heterocycles. The first-order valence-electron chi connectivity index (χ1n) is 6.59. The third kappa shape index (κ3) is 2.53. The lowest BCUT2D eigenvalue weighted by molar-refractivity contribution is 0.0857. The lowest BCUT2D eigenvalue weighted by atomic mass is 9.99. The minimum atomic E-state index is 0.0527. The molecule has 0 aliphatic carbocycles. The first kappa shape index (κ1) is 12.0. The first-order valence-corrected chi connectivity index (χ1v) is 6.59. The zero-order chi connectivity index (χ0) is 13.2. The second-order valence-corrected chi connectivity index (χ2v) is 5.11. The van der Waals surface area contributed by atoms with Crippen LogP contribution in [0.15, 0.2) is 53.7 Å². The van der Waals surface area contributed by atoms with Gasteiger partial charge in [-0.05, 0) is 25.0 Å². The molecule has 2 nitrogen and oxygen atoms in total. The molecule has 1 heterocycles. The van der Waals surface area contributed by atoms with Crippen molar-refractivity contribution >= 4 is 5.71 Å². The number of aryl methyl sites for hydroxylation is 2. The number of hydrogen-bond donors (Lipinski definition) is 0. The molecule has 19 heavy (non-hydrogen) atoms. The highest BCUT2D eigenvalue weighted by atomic mass is 16.6. The van der Waals surface area contributed by atoms with Crippen molar-refractivity contribution in [1.29, 1.82) is 0 Å². The molecule has 2 aromatic rings. The highest BCUT2D eigenvalue weighted by Gasteiger charge is 2.23. The van der Waals surface area contributed by atoms with Crippen LogP contribution < -0.4 is 0 Å². The highest BCUT2D eigenvalue weighted by Crippen LogP contribution is 2.29. The summed E-state index contributed by atoms with van der Waals surface area (Å²) in [5.74, 6) is 0. The summed E-state index contributed by atoms with van der Waals surface area (Å²) in [4.78, 5) is 5.56. The molecule has 1 aliphatic heterocycles. The lowest BCUT2D eigenvalue weighted by Gasteiger charge is -2.08. The topological polar surface area (TPSA) is 21.6 Å². The van der Waals surface area contributed by atoms with E-state index in [0.29, 0.717) is 0 Å². The molecule has 2 aromatic carbocycles. The molecule has 1 aliphatic rings. The van der Waals surface area contributed by atoms with Gasteiger partial charge in [-0.1, -0.05) is 64.8 Å². The zero-order valence-corrected chi connectivity index (χ0v) is 11.3. The molecule has 0 saturated heterocycles. The monoisotopic (exact) mass is 251 g/mol. The standard InChI is InChI=1S/C17H17NO/c1-12-3-7-14(8-4-12)16-11-17(19-18-16)15-9-5-13(2)6-10-15/h3-10,17H,11H2,1-2H3/t17-/m0/s1. The van der Waals surface area contributed by atoms with Gasteiger partial charge in [-0.3, -0.25) is 0 Å². The van der Waals surface area contributed by atoms with Gasteiger partial charge in [0.05, 0.1) is 5.71 Å². The van der Waals surface area contributed by atoms with Gasteiger partial charge in [-0.15, -0.1) is 0 Å². The van der Waals surface area contributed by atoms with E-state index in [1.54, 1.807) is 0 Å². The van der Waals surface area contributed by atoms with Crippen LogP contribution in [0.4, 0.5) is 0 Å². The first-order chi connectivity index (χ1) is 9.22. The summed E-state index contributed by atoms with van der Waals surface area (Å²) in [6.07, 6.45) is 0.892. The van der Waals surface area contributed by atoms with E-state index in [0.717, 1.165) is 17.7 Å². The maximum Gasteiger partial charge on any atom is 0.158 e. The molecule has 0 fully saturated rings. The number of oxime groups is 1. The molecule has 1 atom stereocenters. The van der Waals surface area contributed by atoms with E-state index in [2.05, 4.69) is 67.5 Å². The quantitative estimate of drug-likeness (QED) is 0.785. The van der Waals surface area contributed by atoms with Gasteiger partial charge in [0.15, 0.2) is 6.10 Å². The van der Waals surface area contributed by atoms with Crippen LogP contribution in [0.3, 0.4) is 0 Å². The van der Waals surface area contributed by atoms with Crippen LogP contribution in [0.25, 0.3) is 0 Å². The Hall–Kier alpha value is -2.09. The van der Waals surface area contributed by atoms with Gasteiger partial charge in [-0.2, -0.15) is 0 Å². The van der Waals surface area contributed by atoms with Crippen molar-refractivity contribution in [2.24, 2.45) is 5.16 Å². The minimum Gasteiger partial charge on any atom is -0.387 e. The van der Waals surface area contributed by atoms with E-state index in [4.69, 9.17) is 4.84 Å². The van der Waals surface area contributed by atoms with E-state index in [-0.39, 0.29) is 6.10 Å². The average Bonchev–Trinajstić information content (AvgIpc) is 2.90. The molecule has 0 saturated carbocycles. The Morgan fingerprint density at radius 2 is 1.47 bits per heavy atom. The van der Waals surface area contributed by atoms with Gasteiger partial charge >= 0.3 is 0 Å². The Kier molecular flexibility index (Phi) is 3.08. The fourth-order valence-corrected chi connectivity index (χ4v) is 2.25. The molecule has 96 valence electrons. The molecular formula is C17H17NO. The number of benzene rings is 2. The molecule has 0 bridgehead atoms. The summed E-state index contributed by atoms with van der Waals surface area (Å²) in [7, 11) is 0. The van der Waals surface area contributed by atoms with Crippen LogP contribution in [0, 0.1) is 13.8 Å². The summed E-state index contributed by atoms with van der Waals surface area (Å²) in [5, 5.41) is 4.23. The van der Waals surface area contributed by atoms with Gasteiger partial charge < -0.3 is 4.84 Å². The molecule has 2 heteroatoms. The van der Waals surface area contributed by atoms with Gasteiger partial charge in [0.25, 0.3) is 0 Å². The van der Waals surface area contributed by atoms with Crippen molar-refractivity contribution in [3.05, 3.63) is 70.8 Å². The lowest BCUT2D eigenvalue weighted by Crippen LogP contribution is -2.01. The smallest absolute Gasteiger partial charge is 0.158 e. The third-order valence-corrected chi connectivity index (χ3v) is 3.50. The average molecular weight is 251 g/mol. The SMILES string of the molecule is Cc1ccc(C2=NO[C@H](c3ccc(C)cc3)C2)cc1. The van der Waals surface area contributed by atoms with E-state index in [1.807, 2.05) is 0 Å². The van der Waals surface area contributed by atoms with Crippen LogP contribution in [0.1, 0.15) is 34.8 Å². The second kappa shape index (κ2) is 4.88. The number of nitrogens with zero attached hydrogens (tertiary/aromatic N) is 1. The summed E-state index contributed by atoms with van der Waals surface area (Å²) in [5.41, 5.74) is 5.90. The Labute approximate surface area is 113 Å². The van der Waals surface area contributed by atoms with Gasteiger partial charge in [0, 0.05) is 6.42 Å². The van der Waals surface area contributed by atoms with Crippen LogP contribution in [-0.4, -0.2) is 5.71 Å². The predicted molar refractivity (Wildman–Crippen MR) is 77.3 cm³/mol. The Bertz CT molecular complexity index is 596. The fourth-order valence-electron chi connectivity index (χ4n) is 2.25. The normalized spacial score (nSPS) is 18.0.